The van der Waals surface area contributed by atoms with Crippen LogP contribution in [-0.2, 0) is 0 Å². The lowest BCUT2D eigenvalue weighted by Crippen LogP contribution is -2.13. The summed E-state index contributed by atoms with van der Waals surface area (Å²) in [7, 11) is 0. The number of aromatic nitrogens is 3. The Kier molecular flexibility index (Phi) is 3.72. The third-order valence-corrected chi connectivity index (χ3v) is 4.38. The van der Waals surface area contributed by atoms with Crippen LogP contribution in [0.3, 0.4) is 0 Å². The van der Waals surface area contributed by atoms with Gasteiger partial charge in [-0.2, -0.15) is 0 Å². The lowest BCUT2D eigenvalue weighted by atomic mass is 10.1. The van der Waals surface area contributed by atoms with Crippen LogP contribution in [-0.4, -0.2) is 14.5 Å². The van der Waals surface area contributed by atoms with Gasteiger partial charge in [-0.1, -0.05) is 19.8 Å². The van der Waals surface area contributed by atoms with E-state index in [9.17, 15) is 0 Å². The van der Waals surface area contributed by atoms with E-state index in [0.717, 1.165) is 34.9 Å². The smallest absolute Gasteiger partial charge is 0.160 e. The van der Waals surface area contributed by atoms with Gasteiger partial charge in [-0.25, -0.2) is 9.97 Å². The largest absolute Gasteiger partial charge is 0.308 e. The van der Waals surface area contributed by atoms with Gasteiger partial charge >= 0.3 is 0 Å². The van der Waals surface area contributed by atoms with Crippen LogP contribution >= 0.6 is 11.6 Å². The van der Waals surface area contributed by atoms with Crippen LogP contribution < -0.4 is 0 Å². The summed E-state index contributed by atoms with van der Waals surface area (Å²) in [4.78, 5) is 9.36. The van der Waals surface area contributed by atoms with Gasteiger partial charge in [-0.05, 0) is 44.2 Å². The van der Waals surface area contributed by atoms with Gasteiger partial charge in [0.1, 0.15) is 11.3 Å². The van der Waals surface area contributed by atoms with E-state index in [2.05, 4.69) is 29.5 Å². The Balaban J connectivity index is 2.11. The Labute approximate surface area is 125 Å². The Morgan fingerprint density at radius 2 is 2.20 bits per heavy atom. The molecule has 3 nitrogen and oxygen atoms in total. The minimum Gasteiger partial charge on any atom is -0.308 e. The molecule has 0 aromatic carbocycles. The van der Waals surface area contributed by atoms with Crippen molar-refractivity contribution in [1.82, 2.24) is 14.5 Å². The van der Waals surface area contributed by atoms with Gasteiger partial charge in [0.05, 0.1) is 5.38 Å². The van der Waals surface area contributed by atoms with E-state index in [1.54, 1.807) is 0 Å². The second kappa shape index (κ2) is 5.36. The molecule has 0 saturated heterocycles. The molecule has 2 unspecified atom stereocenters. The zero-order valence-corrected chi connectivity index (χ0v) is 13.2. The molecule has 1 saturated carbocycles. The van der Waals surface area contributed by atoms with Crippen LogP contribution in [0.25, 0.3) is 11.2 Å². The molecular formula is C16H22ClN3. The van der Waals surface area contributed by atoms with E-state index < -0.39 is 0 Å². The van der Waals surface area contributed by atoms with Crippen molar-refractivity contribution < 1.29 is 0 Å². The first-order chi connectivity index (χ1) is 9.60. The van der Waals surface area contributed by atoms with E-state index in [0.29, 0.717) is 6.04 Å². The molecule has 4 heteroatoms. The topological polar surface area (TPSA) is 30.7 Å². The van der Waals surface area contributed by atoms with E-state index in [1.165, 1.54) is 19.3 Å². The van der Waals surface area contributed by atoms with Crippen molar-refractivity contribution in [3.05, 3.63) is 23.7 Å². The van der Waals surface area contributed by atoms with E-state index >= 15 is 0 Å². The van der Waals surface area contributed by atoms with Gasteiger partial charge in [0.25, 0.3) is 0 Å². The fraction of sp³-hybridized carbons (Fsp3) is 0.625. The molecule has 0 aliphatic heterocycles. The zero-order chi connectivity index (χ0) is 14.3. The maximum atomic E-state index is 6.36. The van der Waals surface area contributed by atoms with Crippen molar-refractivity contribution in [2.75, 3.05) is 0 Å². The molecule has 0 N–H and O–H groups in total. The van der Waals surface area contributed by atoms with Crippen molar-refractivity contribution in [1.29, 1.82) is 0 Å². The van der Waals surface area contributed by atoms with Crippen molar-refractivity contribution >= 4 is 22.8 Å². The number of alkyl halides is 1. The maximum Gasteiger partial charge on any atom is 0.160 e. The molecule has 2 heterocycles. The maximum absolute atomic E-state index is 6.36. The molecule has 1 aliphatic rings. The Hall–Kier alpha value is -1.09. The molecule has 0 spiro atoms. The summed E-state index contributed by atoms with van der Waals surface area (Å²) < 4.78 is 2.30. The number of rotatable bonds is 5. The highest BCUT2D eigenvalue weighted by molar-refractivity contribution is 6.20. The number of hydrogen-bond acceptors (Lipinski definition) is 2. The minimum absolute atomic E-state index is 0.0854. The summed E-state index contributed by atoms with van der Waals surface area (Å²) in [5.41, 5.74) is 3.11. The van der Waals surface area contributed by atoms with E-state index in [4.69, 9.17) is 16.6 Å². The predicted molar refractivity (Wildman–Crippen MR) is 83.2 cm³/mol. The van der Waals surface area contributed by atoms with Gasteiger partial charge < -0.3 is 4.57 Å². The van der Waals surface area contributed by atoms with Gasteiger partial charge in [0, 0.05) is 12.2 Å². The Morgan fingerprint density at radius 3 is 2.80 bits per heavy atom. The quantitative estimate of drug-likeness (QED) is 0.742. The van der Waals surface area contributed by atoms with E-state index in [1.807, 2.05) is 13.1 Å². The number of imidazole rings is 1. The lowest BCUT2D eigenvalue weighted by molar-refractivity contribution is 0.423. The highest BCUT2D eigenvalue weighted by Crippen LogP contribution is 2.40. The summed E-state index contributed by atoms with van der Waals surface area (Å²) in [6.45, 7) is 6.29. The van der Waals surface area contributed by atoms with Crippen LogP contribution in [0.15, 0.2) is 12.3 Å². The Morgan fingerprint density at radius 1 is 1.45 bits per heavy atom. The second-order valence-electron chi connectivity index (χ2n) is 6.05. The minimum atomic E-state index is -0.0854. The molecule has 108 valence electrons. The van der Waals surface area contributed by atoms with Crippen molar-refractivity contribution in [3.8, 4) is 0 Å². The van der Waals surface area contributed by atoms with Gasteiger partial charge in [0.2, 0.25) is 0 Å². The fourth-order valence-corrected chi connectivity index (χ4v) is 3.09. The van der Waals surface area contributed by atoms with Crippen molar-refractivity contribution in [3.63, 3.8) is 0 Å². The van der Waals surface area contributed by atoms with Crippen LogP contribution in [0.1, 0.15) is 62.3 Å². The van der Waals surface area contributed by atoms with Gasteiger partial charge in [0.15, 0.2) is 5.65 Å². The summed E-state index contributed by atoms with van der Waals surface area (Å²) in [6.07, 6.45) is 7.01. The van der Waals surface area contributed by atoms with Crippen molar-refractivity contribution in [2.24, 2.45) is 5.92 Å². The first-order valence-electron chi connectivity index (χ1n) is 7.58. The number of aryl methyl sites for hydroxylation is 1. The number of nitrogens with zero attached hydrogens (tertiary/aromatic N) is 3. The summed E-state index contributed by atoms with van der Waals surface area (Å²) in [5.74, 6) is 1.86. The monoisotopic (exact) mass is 291 g/mol. The lowest BCUT2D eigenvalue weighted by Gasteiger charge is -2.20. The molecular weight excluding hydrogens is 270 g/mol. The van der Waals surface area contributed by atoms with E-state index in [-0.39, 0.29) is 5.38 Å². The molecule has 3 rings (SSSR count). The molecule has 20 heavy (non-hydrogen) atoms. The van der Waals surface area contributed by atoms with Gasteiger partial charge in [-0.15, -0.1) is 11.6 Å². The third kappa shape index (κ3) is 2.56. The number of fused-ring (bicyclic) bond motifs is 1. The molecule has 0 bridgehead atoms. The van der Waals surface area contributed by atoms with Crippen LogP contribution in [0.2, 0.25) is 0 Å². The fourth-order valence-electron chi connectivity index (χ4n) is 2.93. The third-order valence-electron chi connectivity index (χ3n) is 4.19. The summed E-state index contributed by atoms with van der Waals surface area (Å²) in [5, 5.41) is -0.0854. The zero-order valence-electron chi connectivity index (χ0n) is 12.4. The average molecular weight is 292 g/mol. The molecule has 0 radical (unpaired) electrons. The normalized spacial score (nSPS) is 18.4. The number of halogens is 1. The first kappa shape index (κ1) is 13.9. The highest BCUT2D eigenvalue weighted by Gasteiger charge is 2.28. The first-order valence-corrected chi connectivity index (χ1v) is 8.02. The summed E-state index contributed by atoms with van der Waals surface area (Å²) >= 11 is 6.36. The van der Waals surface area contributed by atoms with Crippen LogP contribution in [0, 0.1) is 12.8 Å². The molecule has 2 aromatic heterocycles. The number of hydrogen-bond donors (Lipinski definition) is 0. The molecule has 2 aromatic rings. The SMILES string of the molecule is CCC(CC1CC1)n1c(C(C)Cl)nc2cc(C)cnc21. The summed E-state index contributed by atoms with van der Waals surface area (Å²) in [6, 6.07) is 2.57. The second-order valence-corrected chi connectivity index (χ2v) is 6.71. The standard InChI is InChI=1S/C16H22ClN3/c1-4-13(8-12-5-6-12)20-15(11(3)17)19-14-7-10(2)9-18-16(14)20/h7,9,11-13H,4-6,8H2,1-3H3. The average Bonchev–Trinajstić information content (AvgIpc) is 3.15. The van der Waals surface area contributed by atoms with Gasteiger partial charge in [-0.3, -0.25) is 0 Å². The van der Waals surface area contributed by atoms with Crippen LogP contribution in [0.5, 0.6) is 0 Å². The van der Waals surface area contributed by atoms with Crippen molar-refractivity contribution in [2.45, 2.75) is 57.9 Å². The molecule has 0 amide bonds. The molecule has 1 aliphatic carbocycles. The molecule has 2 atom stereocenters. The molecule has 1 fully saturated rings. The Bertz CT molecular complexity index is 613. The highest BCUT2D eigenvalue weighted by atomic mass is 35.5. The van der Waals surface area contributed by atoms with Crippen LogP contribution in [0.4, 0.5) is 0 Å². The predicted octanol–water partition coefficient (Wildman–Crippen LogP) is 4.79. The number of pyridine rings is 1.